The topological polar surface area (TPSA) is 59.3 Å². The summed E-state index contributed by atoms with van der Waals surface area (Å²) in [6.45, 7) is 1.36. The molecule has 1 spiro atoms. The Morgan fingerprint density at radius 3 is 2.28 bits per heavy atom. The van der Waals surface area contributed by atoms with E-state index in [1.54, 1.807) is 6.07 Å². The lowest BCUT2D eigenvalue weighted by Crippen LogP contribution is -2.45. The van der Waals surface area contributed by atoms with Gasteiger partial charge in [0.25, 0.3) is 0 Å². The highest BCUT2D eigenvalue weighted by Gasteiger charge is 2.48. The molecule has 0 unspecified atom stereocenters. The number of Topliss-reactive ketones (excluding diaryl/α,β-unsaturated/α-hetero) is 2. The number of carbonyl (C=O) groups is 2. The van der Waals surface area contributed by atoms with E-state index in [9.17, 15) is 14.7 Å². The summed E-state index contributed by atoms with van der Waals surface area (Å²) in [7, 11) is 0. The molecule has 0 amide bonds. The molecule has 4 rings (SSSR count). The standard InChI is InChI=1S/C21H21NO3/c1-14(23)18-19(24)17-11-10-16(15-8-4-2-5-9-15)22(17)21(20(18)25)12-6-3-7-13-21/h2,4-5,8-11,25H,3,6-7,12-13H2,1H3. The SMILES string of the molecule is CC(=O)C1=C(O)C2(CCCCC2)n2c(ccc2-c2ccccc2)C1=O. The fraction of sp³-hybridized carbons (Fsp3) is 0.333. The zero-order chi connectivity index (χ0) is 17.6. The van der Waals surface area contributed by atoms with E-state index in [0.29, 0.717) is 5.69 Å². The highest BCUT2D eigenvalue weighted by atomic mass is 16.3. The number of carbonyl (C=O) groups excluding carboxylic acids is 2. The molecule has 1 aliphatic carbocycles. The van der Waals surface area contributed by atoms with Gasteiger partial charge in [0, 0.05) is 5.69 Å². The fourth-order valence-corrected chi connectivity index (χ4v) is 4.41. The summed E-state index contributed by atoms with van der Waals surface area (Å²) >= 11 is 0. The maximum atomic E-state index is 12.9. The number of aliphatic hydroxyl groups excluding tert-OH is 1. The largest absolute Gasteiger partial charge is 0.509 e. The summed E-state index contributed by atoms with van der Waals surface area (Å²) < 4.78 is 1.99. The summed E-state index contributed by atoms with van der Waals surface area (Å²) in [5.74, 6) is -0.768. The average molecular weight is 335 g/mol. The van der Waals surface area contributed by atoms with Crippen LogP contribution >= 0.6 is 0 Å². The Hall–Kier alpha value is -2.62. The number of hydrogen-bond acceptors (Lipinski definition) is 3. The second-order valence-electron chi connectivity index (χ2n) is 7.01. The normalized spacial score (nSPS) is 19.2. The maximum absolute atomic E-state index is 12.9. The molecule has 0 radical (unpaired) electrons. The van der Waals surface area contributed by atoms with Crippen molar-refractivity contribution in [3.63, 3.8) is 0 Å². The van der Waals surface area contributed by atoms with Crippen molar-refractivity contribution in [2.45, 2.75) is 44.6 Å². The third kappa shape index (κ3) is 2.20. The minimum atomic E-state index is -0.683. The molecule has 25 heavy (non-hydrogen) atoms. The minimum absolute atomic E-state index is 0.0351. The van der Waals surface area contributed by atoms with Gasteiger partial charge in [0.2, 0.25) is 5.78 Å². The maximum Gasteiger partial charge on any atom is 0.216 e. The predicted molar refractivity (Wildman–Crippen MR) is 95.6 cm³/mol. The Labute approximate surface area is 146 Å². The van der Waals surface area contributed by atoms with Crippen LogP contribution in [-0.4, -0.2) is 21.2 Å². The summed E-state index contributed by atoms with van der Waals surface area (Å²) in [5.41, 5.74) is 1.71. The van der Waals surface area contributed by atoms with E-state index in [2.05, 4.69) is 0 Å². The van der Waals surface area contributed by atoms with Crippen LogP contribution in [0.15, 0.2) is 53.8 Å². The van der Waals surface area contributed by atoms with Gasteiger partial charge < -0.3 is 9.67 Å². The monoisotopic (exact) mass is 335 g/mol. The van der Waals surface area contributed by atoms with Crippen LogP contribution in [0.3, 0.4) is 0 Å². The van der Waals surface area contributed by atoms with Crippen molar-refractivity contribution in [3.05, 3.63) is 59.5 Å². The molecule has 2 aromatic rings. The van der Waals surface area contributed by atoms with Gasteiger partial charge in [-0.1, -0.05) is 49.6 Å². The number of nitrogens with zero attached hydrogens (tertiary/aromatic N) is 1. The second kappa shape index (κ2) is 5.73. The molecule has 0 bridgehead atoms. The smallest absolute Gasteiger partial charge is 0.216 e. The molecule has 2 aliphatic rings. The highest BCUT2D eigenvalue weighted by Crippen LogP contribution is 2.47. The Balaban J connectivity index is 2.01. The summed E-state index contributed by atoms with van der Waals surface area (Å²) in [6, 6.07) is 13.6. The van der Waals surface area contributed by atoms with Gasteiger partial charge in [0.1, 0.15) is 16.9 Å². The molecule has 1 aromatic heterocycles. The van der Waals surface area contributed by atoms with E-state index in [1.807, 2.05) is 41.0 Å². The third-order valence-corrected chi connectivity index (χ3v) is 5.55. The summed E-state index contributed by atoms with van der Waals surface area (Å²) in [5, 5.41) is 11.0. The van der Waals surface area contributed by atoms with Crippen LogP contribution in [0.25, 0.3) is 11.3 Å². The van der Waals surface area contributed by atoms with E-state index in [1.165, 1.54) is 6.92 Å². The predicted octanol–water partition coefficient (Wildman–Crippen LogP) is 4.41. The van der Waals surface area contributed by atoms with Crippen molar-refractivity contribution in [2.75, 3.05) is 0 Å². The number of ketones is 2. The first kappa shape index (κ1) is 15.9. The van der Waals surface area contributed by atoms with Gasteiger partial charge in [-0.05, 0) is 37.5 Å². The lowest BCUT2D eigenvalue weighted by Gasteiger charge is -2.43. The van der Waals surface area contributed by atoms with Crippen molar-refractivity contribution >= 4 is 11.6 Å². The van der Waals surface area contributed by atoms with E-state index in [-0.39, 0.29) is 22.9 Å². The minimum Gasteiger partial charge on any atom is -0.509 e. The molecule has 0 saturated heterocycles. The Bertz CT molecular complexity index is 883. The van der Waals surface area contributed by atoms with Crippen LogP contribution < -0.4 is 0 Å². The van der Waals surface area contributed by atoms with E-state index >= 15 is 0 Å². The van der Waals surface area contributed by atoms with Crippen LogP contribution in [0, 0.1) is 0 Å². The molecule has 0 atom stereocenters. The lowest BCUT2D eigenvalue weighted by molar-refractivity contribution is -0.113. The van der Waals surface area contributed by atoms with E-state index < -0.39 is 5.54 Å². The van der Waals surface area contributed by atoms with Crippen LogP contribution in [0.1, 0.15) is 49.5 Å². The molecular formula is C21H21NO3. The number of aliphatic hydroxyl groups is 1. The number of fused-ring (bicyclic) bond motifs is 2. The number of hydrogen-bond donors (Lipinski definition) is 1. The average Bonchev–Trinajstić information content (AvgIpc) is 3.08. The Morgan fingerprint density at radius 2 is 1.64 bits per heavy atom. The molecule has 4 heteroatoms. The van der Waals surface area contributed by atoms with Gasteiger partial charge in [-0.3, -0.25) is 9.59 Å². The molecule has 1 saturated carbocycles. The molecule has 1 aromatic carbocycles. The van der Waals surface area contributed by atoms with Gasteiger partial charge in [0.15, 0.2) is 5.78 Å². The highest BCUT2D eigenvalue weighted by molar-refractivity contribution is 6.26. The van der Waals surface area contributed by atoms with Crippen LogP contribution in [0.2, 0.25) is 0 Å². The van der Waals surface area contributed by atoms with Crippen molar-refractivity contribution in [1.82, 2.24) is 4.57 Å². The molecule has 1 fully saturated rings. The van der Waals surface area contributed by atoms with Crippen molar-refractivity contribution < 1.29 is 14.7 Å². The quantitative estimate of drug-likeness (QED) is 0.827. The first-order valence-electron chi connectivity index (χ1n) is 8.83. The molecular weight excluding hydrogens is 314 g/mol. The molecule has 1 aliphatic heterocycles. The molecule has 4 nitrogen and oxygen atoms in total. The van der Waals surface area contributed by atoms with Crippen LogP contribution in [0.4, 0.5) is 0 Å². The fourth-order valence-electron chi connectivity index (χ4n) is 4.41. The number of benzene rings is 1. The van der Waals surface area contributed by atoms with Gasteiger partial charge >= 0.3 is 0 Å². The molecule has 2 heterocycles. The summed E-state index contributed by atoms with van der Waals surface area (Å²) in [6.07, 6.45) is 4.52. The molecule has 128 valence electrons. The van der Waals surface area contributed by atoms with Gasteiger partial charge in [-0.15, -0.1) is 0 Å². The first-order chi connectivity index (χ1) is 12.1. The van der Waals surface area contributed by atoms with Crippen molar-refractivity contribution in [3.8, 4) is 11.3 Å². The van der Waals surface area contributed by atoms with E-state index in [4.69, 9.17) is 0 Å². The second-order valence-corrected chi connectivity index (χ2v) is 7.01. The van der Waals surface area contributed by atoms with E-state index in [0.717, 1.165) is 43.4 Å². The Kier molecular flexibility index (Phi) is 3.64. The number of rotatable bonds is 2. The zero-order valence-electron chi connectivity index (χ0n) is 14.3. The van der Waals surface area contributed by atoms with Crippen molar-refractivity contribution in [1.29, 1.82) is 0 Å². The summed E-state index contributed by atoms with van der Waals surface area (Å²) in [4.78, 5) is 25.0. The molecule has 1 N–H and O–H groups in total. The van der Waals surface area contributed by atoms with Crippen LogP contribution in [0.5, 0.6) is 0 Å². The van der Waals surface area contributed by atoms with Gasteiger partial charge in [-0.25, -0.2) is 0 Å². The van der Waals surface area contributed by atoms with Crippen molar-refractivity contribution in [2.24, 2.45) is 0 Å². The van der Waals surface area contributed by atoms with Gasteiger partial charge in [0.05, 0.1) is 5.69 Å². The zero-order valence-corrected chi connectivity index (χ0v) is 14.3. The number of allylic oxidation sites excluding steroid dienone is 2. The first-order valence-corrected chi connectivity index (χ1v) is 8.83. The third-order valence-electron chi connectivity index (χ3n) is 5.55. The van der Waals surface area contributed by atoms with Gasteiger partial charge in [-0.2, -0.15) is 0 Å². The Morgan fingerprint density at radius 1 is 1.00 bits per heavy atom. The lowest BCUT2D eigenvalue weighted by atomic mass is 9.75. The van der Waals surface area contributed by atoms with Crippen LogP contribution in [-0.2, 0) is 10.3 Å². The number of aromatic nitrogens is 1.